The van der Waals surface area contributed by atoms with Gasteiger partial charge in [0.15, 0.2) is 0 Å². The van der Waals surface area contributed by atoms with Crippen molar-refractivity contribution in [1.29, 1.82) is 0 Å². The van der Waals surface area contributed by atoms with Gasteiger partial charge in [-0.15, -0.1) is 0 Å². The van der Waals surface area contributed by atoms with Gasteiger partial charge in [0.2, 0.25) is 21.8 Å². The van der Waals surface area contributed by atoms with Crippen LogP contribution in [0.2, 0.25) is 0 Å². The smallest absolute Gasteiger partial charge is 0.242 e. The Balaban J connectivity index is 1.73. The van der Waals surface area contributed by atoms with Crippen LogP contribution in [0.25, 0.3) is 0 Å². The quantitative estimate of drug-likeness (QED) is 0.466. The number of hydrogen-bond donors (Lipinski definition) is 2. The summed E-state index contributed by atoms with van der Waals surface area (Å²) in [5.74, 6) is -1.04. The molecule has 2 N–H and O–H groups in total. The van der Waals surface area contributed by atoms with Gasteiger partial charge >= 0.3 is 0 Å². The molecule has 2 amide bonds. The van der Waals surface area contributed by atoms with Gasteiger partial charge in [0.05, 0.1) is 30.4 Å². The third kappa shape index (κ3) is 7.12. The number of carbonyl (C=O) groups is 2. The predicted molar refractivity (Wildman–Crippen MR) is 122 cm³/mol. The van der Waals surface area contributed by atoms with Crippen LogP contribution in [0.5, 0.6) is 0 Å². The van der Waals surface area contributed by atoms with Crippen LogP contribution >= 0.6 is 0 Å². The fraction of sp³-hybridized carbons (Fsp3) is 0.478. The van der Waals surface area contributed by atoms with Crippen LogP contribution in [0.1, 0.15) is 38.4 Å². The first-order valence-corrected chi connectivity index (χ1v) is 12.7. The van der Waals surface area contributed by atoms with Crippen molar-refractivity contribution in [2.75, 3.05) is 19.7 Å². The van der Waals surface area contributed by atoms with Crippen molar-refractivity contribution in [3.05, 3.63) is 54.2 Å². The van der Waals surface area contributed by atoms with E-state index in [2.05, 4.69) is 10.0 Å². The van der Waals surface area contributed by atoms with Crippen LogP contribution in [-0.2, 0) is 30.9 Å². The molecular weight excluding hydrogens is 465 g/mol. The maximum Gasteiger partial charge on any atom is 0.242 e. The highest BCUT2D eigenvalue weighted by Gasteiger charge is 2.31. The van der Waals surface area contributed by atoms with E-state index >= 15 is 0 Å². The van der Waals surface area contributed by atoms with Crippen molar-refractivity contribution < 1.29 is 31.6 Å². The van der Waals surface area contributed by atoms with Gasteiger partial charge in [0.1, 0.15) is 17.6 Å². The van der Waals surface area contributed by atoms with Crippen molar-refractivity contribution >= 4 is 21.8 Å². The Kier molecular flexibility index (Phi) is 9.20. The zero-order valence-corrected chi connectivity index (χ0v) is 19.9. The number of halogens is 1. The molecule has 11 heteroatoms. The lowest BCUT2D eigenvalue weighted by Gasteiger charge is -2.30. The highest BCUT2D eigenvalue weighted by Crippen LogP contribution is 2.16. The molecule has 9 nitrogen and oxygen atoms in total. The molecule has 1 fully saturated rings. The molecule has 1 aromatic heterocycles. The number of ether oxygens (including phenoxy) is 1. The Bertz CT molecular complexity index is 1040. The van der Waals surface area contributed by atoms with Crippen molar-refractivity contribution in [1.82, 2.24) is 14.9 Å². The minimum absolute atomic E-state index is 0.00211. The van der Waals surface area contributed by atoms with Gasteiger partial charge in [0.25, 0.3) is 0 Å². The molecule has 3 rings (SSSR count). The number of furan rings is 1. The second-order valence-electron chi connectivity index (χ2n) is 8.06. The van der Waals surface area contributed by atoms with Crippen LogP contribution in [0.3, 0.4) is 0 Å². The summed E-state index contributed by atoms with van der Waals surface area (Å²) >= 11 is 0. The minimum atomic E-state index is -4.05. The summed E-state index contributed by atoms with van der Waals surface area (Å²) in [4.78, 5) is 27.4. The number of rotatable bonds is 12. The first kappa shape index (κ1) is 25.9. The summed E-state index contributed by atoms with van der Waals surface area (Å²) < 4.78 is 51.4. The Hall–Kier alpha value is -2.76. The zero-order chi connectivity index (χ0) is 24.6. The standard InChI is InChI=1S/C23H30FN3O6S/c1-2-5-21(23(29)25-14-18-6-3-12-32-18)27(16-19-7-4-13-33-19)22(28)15-26-34(30,31)20-10-8-17(24)9-11-20/h4,7-11,13,18,21,26H,2-3,5-6,12,14-16H2,1H3,(H,25,29)/t18-,21+/m0/s1. The van der Waals surface area contributed by atoms with Gasteiger partial charge in [0, 0.05) is 13.2 Å². The van der Waals surface area contributed by atoms with Crippen LogP contribution in [-0.4, -0.2) is 57.0 Å². The maximum atomic E-state index is 13.2. The van der Waals surface area contributed by atoms with Gasteiger partial charge in [-0.2, -0.15) is 0 Å². The van der Waals surface area contributed by atoms with E-state index in [1.165, 1.54) is 11.2 Å². The molecule has 0 aliphatic carbocycles. The first-order chi connectivity index (χ1) is 16.3. The van der Waals surface area contributed by atoms with E-state index in [0.29, 0.717) is 31.8 Å². The fourth-order valence-corrected chi connectivity index (χ4v) is 4.71. The molecule has 0 radical (unpaired) electrons. The van der Waals surface area contributed by atoms with Gasteiger partial charge in [-0.3, -0.25) is 9.59 Å². The monoisotopic (exact) mass is 495 g/mol. The van der Waals surface area contributed by atoms with E-state index in [9.17, 15) is 22.4 Å². The summed E-state index contributed by atoms with van der Waals surface area (Å²) in [5.41, 5.74) is 0. The normalized spacial score (nSPS) is 16.8. The lowest BCUT2D eigenvalue weighted by atomic mass is 10.1. The minimum Gasteiger partial charge on any atom is -0.467 e. The molecule has 2 atom stereocenters. The van der Waals surface area contributed by atoms with Crippen molar-refractivity contribution in [3.8, 4) is 0 Å². The summed E-state index contributed by atoms with van der Waals surface area (Å²) in [6.07, 6.45) is 4.22. The van der Waals surface area contributed by atoms with Gasteiger partial charge in [-0.05, 0) is 55.7 Å². The van der Waals surface area contributed by atoms with Crippen LogP contribution < -0.4 is 10.0 Å². The summed E-state index contributed by atoms with van der Waals surface area (Å²) in [7, 11) is -4.05. The average molecular weight is 496 g/mol. The summed E-state index contributed by atoms with van der Waals surface area (Å²) in [5, 5.41) is 2.87. The Morgan fingerprint density at radius 1 is 1.24 bits per heavy atom. The third-order valence-corrected chi connectivity index (χ3v) is 6.95. The molecule has 2 heterocycles. The molecule has 2 aromatic rings. The summed E-state index contributed by atoms with van der Waals surface area (Å²) in [6.45, 7) is 2.34. The number of nitrogens with zero attached hydrogens (tertiary/aromatic N) is 1. The topological polar surface area (TPSA) is 118 Å². The molecule has 0 unspecified atom stereocenters. The lowest BCUT2D eigenvalue weighted by molar-refractivity contribution is -0.141. The number of nitrogens with one attached hydrogen (secondary N) is 2. The lowest BCUT2D eigenvalue weighted by Crippen LogP contribution is -2.52. The average Bonchev–Trinajstić information content (AvgIpc) is 3.53. The second kappa shape index (κ2) is 12.1. The van der Waals surface area contributed by atoms with Crippen LogP contribution in [0, 0.1) is 5.82 Å². The van der Waals surface area contributed by atoms with Gasteiger partial charge < -0.3 is 19.4 Å². The number of carbonyl (C=O) groups excluding carboxylic acids is 2. The fourth-order valence-electron chi connectivity index (χ4n) is 3.74. The molecule has 1 aliphatic heterocycles. The largest absolute Gasteiger partial charge is 0.467 e. The molecule has 0 bridgehead atoms. The predicted octanol–water partition coefficient (Wildman–Crippen LogP) is 2.19. The highest BCUT2D eigenvalue weighted by molar-refractivity contribution is 7.89. The maximum absolute atomic E-state index is 13.2. The molecule has 34 heavy (non-hydrogen) atoms. The third-order valence-electron chi connectivity index (χ3n) is 5.53. The molecule has 1 aliphatic rings. The Morgan fingerprint density at radius 3 is 2.62 bits per heavy atom. The van der Waals surface area contributed by atoms with E-state index in [1.54, 1.807) is 12.1 Å². The van der Waals surface area contributed by atoms with E-state index in [1.807, 2.05) is 6.92 Å². The number of amides is 2. The van der Waals surface area contributed by atoms with Crippen molar-refractivity contribution in [2.24, 2.45) is 0 Å². The first-order valence-electron chi connectivity index (χ1n) is 11.3. The van der Waals surface area contributed by atoms with E-state index in [0.717, 1.165) is 37.1 Å². The molecule has 0 spiro atoms. The van der Waals surface area contributed by atoms with Crippen LogP contribution in [0.15, 0.2) is 52.0 Å². The molecule has 186 valence electrons. The Morgan fingerprint density at radius 2 is 2.00 bits per heavy atom. The van der Waals surface area contributed by atoms with Crippen molar-refractivity contribution in [2.45, 2.75) is 56.2 Å². The summed E-state index contributed by atoms with van der Waals surface area (Å²) in [6, 6.07) is 6.80. The Labute approximate surface area is 198 Å². The number of hydrogen-bond acceptors (Lipinski definition) is 6. The van der Waals surface area contributed by atoms with Crippen molar-refractivity contribution in [3.63, 3.8) is 0 Å². The number of benzene rings is 1. The van der Waals surface area contributed by atoms with E-state index < -0.39 is 34.3 Å². The van der Waals surface area contributed by atoms with E-state index in [4.69, 9.17) is 9.15 Å². The molecule has 1 aromatic carbocycles. The zero-order valence-electron chi connectivity index (χ0n) is 19.0. The highest BCUT2D eigenvalue weighted by atomic mass is 32.2. The van der Waals surface area contributed by atoms with Crippen LogP contribution in [0.4, 0.5) is 4.39 Å². The molecular formula is C23H30FN3O6S. The van der Waals surface area contributed by atoms with Gasteiger partial charge in [-0.25, -0.2) is 17.5 Å². The molecule has 1 saturated heterocycles. The SMILES string of the molecule is CCC[C@H](C(=O)NC[C@@H]1CCCO1)N(Cc1ccco1)C(=O)CNS(=O)(=O)c1ccc(F)cc1. The van der Waals surface area contributed by atoms with Gasteiger partial charge in [-0.1, -0.05) is 13.3 Å². The number of sulfonamides is 1. The second-order valence-corrected chi connectivity index (χ2v) is 9.83. The van der Waals surface area contributed by atoms with E-state index in [-0.39, 0.29) is 23.5 Å². The molecule has 0 saturated carbocycles.